The highest BCUT2D eigenvalue weighted by Crippen LogP contribution is 2.17. The number of ether oxygens (including phenoxy) is 1. The van der Waals surface area contributed by atoms with Crippen LogP contribution in [0.2, 0.25) is 0 Å². The van der Waals surface area contributed by atoms with Crippen molar-refractivity contribution in [2.75, 3.05) is 26.8 Å². The molecule has 0 saturated heterocycles. The molecule has 4 rings (SSSR count). The van der Waals surface area contributed by atoms with Gasteiger partial charge in [0, 0.05) is 37.9 Å². The number of benzene rings is 3. The average Bonchev–Trinajstić information content (AvgIpc) is 2.97. The maximum absolute atomic E-state index is 13.7. The number of hydrogen-bond acceptors (Lipinski definition) is 7. The molecule has 3 aromatic carbocycles. The third kappa shape index (κ3) is 6.75. The summed E-state index contributed by atoms with van der Waals surface area (Å²) in [5, 5.41) is 11.6. The molecule has 2 amide bonds. The molecule has 0 atom stereocenters. The number of non-ortho nitro benzene ring substituents is 1. The van der Waals surface area contributed by atoms with Crippen LogP contribution in [0.3, 0.4) is 0 Å². The van der Waals surface area contributed by atoms with Crippen LogP contribution in [0.1, 0.15) is 21.5 Å². The van der Waals surface area contributed by atoms with Gasteiger partial charge in [-0.25, -0.2) is 4.39 Å². The van der Waals surface area contributed by atoms with Crippen LogP contribution in [0.4, 0.5) is 10.1 Å². The number of nitrogens with zero attached hydrogens (tertiary/aromatic N) is 3. The van der Waals surface area contributed by atoms with E-state index in [2.05, 4.69) is 0 Å². The van der Waals surface area contributed by atoms with Crippen LogP contribution in [-0.4, -0.2) is 53.3 Å². The highest BCUT2D eigenvalue weighted by Gasteiger charge is 2.25. The lowest BCUT2D eigenvalue weighted by Crippen LogP contribution is -2.44. The highest BCUT2D eigenvalue weighted by molar-refractivity contribution is 5.97. The molecule has 0 aliphatic heterocycles. The predicted molar refractivity (Wildman–Crippen MR) is 144 cm³/mol. The zero-order valence-electron chi connectivity index (χ0n) is 21.6. The summed E-state index contributed by atoms with van der Waals surface area (Å²) in [6.45, 7) is -0.363. The maximum atomic E-state index is 13.7. The van der Waals surface area contributed by atoms with Crippen LogP contribution < -0.4 is 5.43 Å². The standard InChI is InChI=1S/C29H26FN3O7/c1-39-14-13-31(29(36)21-5-4-6-24(15-21)33(37)38)18-27(34)32(16-20-9-11-23(30)12-10-20)17-22-19-40-26-8-3-2-7-25(26)28(22)35/h2-12,15,19H,13-14,16-18H2,1H3. The predicted octanol–water partition coefficient (Wildman–Crippen LogP) is 4.16. The van der Waals surface area contributed by atoms with Gasteiger partial charge >= 0.3 is 0 Å². The summed E-state index contributed by atoms with van der Waals surface area (Å²) in [5.74, 6) is -1.54. The molecule has 0 aliphatic carbocycles. The number of carbonyl (C=O) groups excluding carboxylic acids is 2. The van der Waals surface area contributed by atoms with E-state index in [0.29, 0.717) is 16.5 Å². The van der Waals surface area contributed by atoms with E-state index in [9.17, 15) is 28.9 Å². The number of carbonyl (C=O) groups is 2. The van der Waals surface area contributed by atoms with Gasteiger partial charge < -0.3 is 19.0 Å². The zero-order valence-corrected chi connectivity index (χ0v) is 21.6. The van der Waals surface area contributed by atoms with Gasteiger partial charge in [0.2, 0.25) is 5.91 Å². The van der Waals surface area contributed by atoms with Gasteiger partial charge in [-0.2, -0.15) is 0 Å². The Kier molecular flexibility index (Phi) is 8.97. The summed E-state index contributed by atoms with van der Waals surface area (Å²) in [6.07, 6.45) is 1.30. The number of amides is 2. The van der Waals surface area contributed by atoms with Crippen LogP contribution in [-0.2, 0) is 22.6 Å². The number of methoxy groups -OCH3 is 1. The van der Waals surface area contributed by atoms with Crippen LogP contribution >= 0.6 is 0 Å². The maximum Gasteiger partial charge on any atom is 0.270 e. The van der Waals surface area contributed by atoms with Crippen LogP contribution in [0.25, 0.3) is 11.0 Å². The summed E-state index contributed by atoms with van der Waals surface area (Å²) >= 11 is 0. The molecule has 0 aliphatic rings. The van der Waals surface area contributed by atoms with Crippen molar-refractivity contribution in [2.24, 2.45) is 0 Å². The molecular weight excluding hydrogens is 521 g/mol. The van der Waals surface area contributed by atoms with Crippen LogP contribution in [0.15, 0.2) is 88.3 Å². The first-order chi connectivity index (χ1) is 19.3. The summed E-state index contributed by atoms with van der Waals surface area (Å²) < 4.78 is 24.2. The monoisotopic (exact) mass is 547 g/mol. The molecule has 0 spiro atoms. The molecule has 11 heteroatoms. The molecular formula is C29H26FN3O7. The SMILES string of the molecule is COCCN(CC(=O)N(Cc1ccc(F)cc1)Cc1coc2ccccc2c1=O)C(=O)c1cccc([N+](=O)[O-])c1. The first-order valence-electron chi connectivity index (χ1n) is 12.3. The van der Waals surface area contributed by atoms with E-state index in [-0.39, 0.29) is 48.5 Å². The van der Waals surface area contributed by atoms with Gasteiger partial charge in [0.25, 0.3) is 11.6 Å². The molecule has 1 heterocycles. The number of fused-ring (bicyclic) bond motifs is 1. The smallest absolute Gasteiger partial charge is 0.270 e. The number of hydrogen-bond donors (Lipinski definition) is 0. The Bertz CT molecular complexity index is 1590. The van der Waals surface area contributed by atoms with Gasteiger partial charge in [-0.3, -0.25) is 24.5 Å². The van der Waals surface area contributed by atoms with E-state index in [1.165, 1.54) is 65.6 Å². The van der Waals surface area contributed by atoms with E-state index < -0.39 is 29.1 Å². The van der Waals surface area contributed by atoms with Gasteiger partial charge in [-0.05, 0) is 35.9 Å². The molecule has 40 heavy (non-hydrogen) atoms. The second-order valence-electron chi connectivity index (χ2n) is 8.99. The molecule has 0 bridgehead atoms. The van der Waals surface area contributed by atoms with Gasteiger partial charge in [0.1, 0.15) is 17.9 Å². The fraction of sp³-hybridized carbons (Fsp3) is 0.207. The van der Waals surface area contributed by atoms with Crippen molar-refractivity contribution in [1.29, 1.82) is 0 Å². The fourth-order valence-electron chi connectivity index (χ4n) is 4.13. The average molecular weight is 548 g/mol. The Morgan fingerprint density at radius 2 is 1.75 bits per heavy atom. The van der Waals surface area contributed by atoms with Gasteiger partial charge in [-0.15, -0.1) is 0 Å². The Morgan fingerprint density at radius 1 is 1.00 bits per heavy atom. The molecule has 0 saturated carbocycles. The zero-order chi connectivity index (χ0) is 28.6. The van der Waals surface area contributed by atoms with Crippen molar-refractivity contribution in [1.82, 2.24) is 9.80 Å². The third-order valence-corrected chi connectivity index (χ3v) is 6.23. The van der Waals surface area contributed by atoms with E-state index in [0.717, 1.165) is 6.07 Å². The quantitative estimate of drug-likeness (QED) is 0.204. The topological polar surface area (TPSA) is 123 Å². The fourth-order valence-corrected chi connectivity index (χ4v) is 4.13. The van der Waals surface area contributed by atoms with E-state index in [4.69, 9.17) is 9.15 Å². The Balaban J connectivity index is 1.64. The van der Waals surface area contributed by atoms with Gasteiger partial charge in [-0.1, -0.05) is 30.3 Å². The van der Waals surface area contributed by atoms with Crippen molar-refractivity contribution < 1.29 is 28.1 Å². The van der Waals surface area contributed by atoms with Crippen molar-refractivity contribution in [3.63, 3.8) is 0 Å². The minimum Gasteiger partial charge on any atom is -0.464 e. The van der Waals surface area contributed by atoms with Crippen LogP contribution in [0, 0.1) is 15.9 Å². The largest absolute Gasteiger partial charge is 0.464 e. The molecule has 0 radical (unpaired) electrons. The Morgan fingerprint density at radius 3 is 2.48 bits per heavy atom. The van der Waals surface area contributed by atoms with Crippen molar-refractivity contribution in [3.8, 4) is 0 Å². The number of halogens is 1. The molecule has 0 N–H and O–H groups in total. The number of rotatable bonds is 11. The molecule has 4 aromatic rings. The lowest BCUT2D eigenvalue weighted by atomic mass is 10.1. The minimum atomic E-state index is -0.610. The molecule has 0 fully saturated rings. The minimum absolute atomic E-state index is 0.0223. The van der Waals surface area contributed by atoms with E-state index in [1.807, 2.05) is 0 Å². The lowest BCUT2D eigenvalue weighted by molar-refractivity contribution is -0.384. The lowest BCUT2D eigenvalue weighted by Gasteiger charge is -2.28. The van der Waals surface area contributed by atoms with Crippen molar-refractivity contribution >= 4 is 28.5 Å². The van der Waals surface area contributed by atoms with Gasteiger partial charge in [0.15, 0.2) is 5.43 Å². The first kappa shape index (κ1) is 28.1. The van der Waals surface area contributed by atoms with Crippen molar-refractivity contribution in [3.05, 3.63) is 122 Å². The summed E-state index contributed by atoms with van der Waals surface area (Å²) in [5.41, 5.74) is 0.711. The molecule has 0 unspecified atom stereocenters. The number of nitro benzene ring substituents is 1. The molecule has 10 nitrogen and oxygen atoms in total. The summed E-state index contributed by atoms with van der Waals surface area (Å²) in [4.78, 5) is 53.3. The Labute approximate surface area is 228 Å². The second-order valence-corrected chi connectivity index (χ2v) is 8.99. The van der Waals surface area contributed by atoms with E-state index >= 15 is 0 Å². The molecule has 1 aromatic heterocycles. The normalized spacial score (nSPS) is 10.8. The first-order valence-corrected chi connectivity index (χ1v) is 12.3. The van der Waals surface area contributed by atoms with Crippen molar-refractivity contribution in [2.45, 2.75) is 13.1 Å². The Hall–Kier alpha value is -4.90. The van der Waals surface area contributed by atoms with Crippen LogP contribution in [0.5, 0.6) is 0 Å². The number of para-hydroxylation sites is 1. The number of nitro groups is 1. The summed E-state index contributed by atoms with van der Waals surface area (Å²) in [6, 6.07) is 17.5. The third-order valence-electron chi connectivity index (χ3n) is 6.23. The second kappa shape index (κ2) is 12.8. The molecule has 206 valence electrons. The summed E-state index contributed by atoms with van der Waals surface area (Å²) in [7, 11) is 1.44. The highest BCUT2D eigenvalue weighted by atomic mass is 19.1. The van der Waals surface area contributed by atoms with Gasteiger partial charge in [0.05, 0.1) is 35.3 Å². The van der Waals surface area contributed by atoms with E-state index in [1.54, 1.807) is 24.3 Å².